The quantitative estimate of drug-likeness (QED) is 0.711. The molecule has 2 atom stereocenters. The largest absolute Gasteiger partial charge is 0.497 e. The molecule has 122 valence electrons. The fourth-order valence-electron chi connectivity index (χ4n) is 3.43. The van der Waals surface area contributed by atoms with Crippen LogP contribution in [-0.2, 0) is 9.84 Å². The smallest absolute Gasteiger partial charge is 0.159 e. The van der Waals surface area contributed by atoms with Gasteiger partial charge in [0.1, 0.15) is 23.6 Å². The van der Waals surface area contributed by atoms with E-state index in [2.05, 4.69) is 4.90 Å². The van der Waals surface area contributed by atoms with E-state index in [1.54, 1.807) is 7.11 Å². The van der Waals surface area contributed by atoms with E-state index in [1.165, 1.54) is 4.90 Å². The minimum absolute atomic E-state index is 0.0800. The van der Waals surface area contributed by atoms with Crippen LogP contribution in [0.15, 0.2) is 24.3 Å². The Morgan fingerprint density at radius 3 is 2.32 bits per heavy atom. The molecule has 7 heteroatoms. The highest BCUT2D eigenvalue weighted by atomic mass is 32.2. The Hall–Kier alpha value is -1.31. The molecule has 0 aliphatic carbocycles. The number of ether oxygens (including phenoxy) is 1. The van der Waals surface area contributed by atoms with Crippen LogP contribution in [0.4, 0.5) is 5.69 Å². The number of nitrogens with zero attached hydrogens (tertiary/aromatic N) is 1. The van der Waals surface area contributed by atoms with Crippen molar-refractivity contribution in [1.82, 2.24) is 0 Å². The lowest BCUT2D eigenvalue weighted by atomic mass is 10.1. The summed E-state index contributed by atoms with van der Waals surface area (Å²) in [5.41, 5.74) is 1.15. The highest BCUT2D eigenvalue weighted by molar-refractivity contribution is 7.91. The first-order chi connectivity index (χ1) is 10.5. The van der Waals surface area contributed by atoms with E-state index >= 15 is 0 Å². The number of rotatable bonds is 3. The van der Waals surface area contributed by atoms with Crippen LogP contribution in [-0.4, -0.2) is 70.5 Å². The minimum Gasteiger partial charge on any atom is -0.497 e. The van der Waals surface area contributed by atoms with Gasteiger partial charge >= 0.3 is 0 Å². The standard InChI is InChI=1S/C15H22N2O4S/c1-21-13-4-2-12(3-5-13)16-6-8-17(9-7-16)14-10-22(19,20)11-15(14)18/h2-5,14-15,18H,6-11H2,1H3/p+1/t14-,15-/m1/s1. The molecule has 1 aromatic carbocycles. The predicted molar refractivity (Wildman–Crippen MR) is 84.4 cm³/mol. The van der Waals surface area contributed by atoms with Gasteiger partial charge in [0.05, 0.1) is 39.0 Å². The number of piperazine rings is 1. The van der Waals surface area contributed by atoms with Crippen molar-refractivity contribution in [3.8, 4) is 5.75 Å². The summed E-state index contributed by atoms with van der Waals surface area (Å²) in [5.74, 6) is 0.877. The van der Waals surface area contributed by atoms with Gasteiger partial charge < -0.3 is 19.6 Å². The second-order valence-electron chi connectivity index (χ2n) is 6.09. The Morgan fingerprint density at radius 1 is 1.18 bits per heavy atom. The van der Waals surface area contributed by atoms with Crippen LogP contribution < -0.4 is 14.5 Å². The van der Waals surface area contributed by atoms with Crippen molar-refractivity contribution in [1.29, 1.82) is 0 Å². The average molecular weight is 327 g/mol. The van der Waals surface area contributed by atoms with Gasteiger partial charge in [-0.2, -0.15) is 0 Å². The van der Waals surface area contributed by atoms with Gasteiger partial charge in [-0.1, -0.05) is 0 Å². The van der Waals surface area contributed by atoms with Crippen LogP contribution in [0.5, 0.6) is 5.75 Å². The summed E-state index contributed by atoms with van der Waals surface area (Å²) in [7, 11) is -1.41. The van der Waals surface area contributed by atoms with Gasteiger partial charge in [0.25, 0.3) is 0 Å². The highest BCUT2D eigenvalue weighted by Crippen LogP contribution is 2.19. The minimum atomic E-state index is -3.07. The number of anilines is 1. The third-order valence-electron chi connectivity index (χ3n) is 4.69. The molecule has 2 heterocycles. The van der Waals surface area contributed by atoms with Crippen molar-refractivity contribution >= 4 is 15.5 Å². The Morgan fingerprint density at radius 2 is 1.82 bits per heavy atom. The molecule has 2 fully saturated rings. The molecule has 0 unspecified atom stereocenters. The molecule has 3 rings (SSSR count). The van der Waals surface area contributed by atoms with E-state index in [0.717, 1.165) is 37.6 Å². The summed E-state index contributed by atoms with van der Waals surface area (Å²) in [5, 5.41) is 9.99. The SMILES string of the molecule is COc1ccc(N2CC[NH+]([C@@H]3CS(=O)(=O)C[C@H]3O)CC2)cc1. The van der Waals surface area contributed by atoms with Gasteiger partial charge in [-0.15, -0.1) is 0 Å². The Kier molecular flexibility index (Phi) is 4.29. The van der Waals surface area contributed by atoms with Crippen molar-refractivity contribution in [2.45, 2.75) is 12.1 Å². The molecule has 2 aliphatic rings. The summed E-state index contributed by atoms with van der Waals surface area (Å²) in [6, 6.07) is 7.81. The molecule has 2 N–H and O–H groups in total. The monoisotopic (exact) mass is 327 g/mol. The zero-order valence-electron chi connectivity index (χ0n) is 12.7. The van der Waals surface area contributed by atoms with E-state index in [1.807, 2.05) is 24.3 Å². The van der Waals surface area contributed by atoms with Gasteiger partial charge in [-0.3, -0.25) is 0 Å². The van der Waals surface area contributed by atoms with E-state index in [-0.39, 0.29) is 17.5 Å². The molecule has 0 spiro atoms. The normalized spacial score (nSPS) is 28.7. The summed E-state index contributed by atoms with van der Waals surface area (Å²) in [4.78, 5) is 3.50. The molecule has 22 heavy (non-hydrogen) atoms. The second-order valence-corrected chi connectivity index (χ2v) is 8.25. The molecule has 0 aromatic heterocycles. The lowest BCUT2D eigenvalue weighted by Gasteiger charge is -2.37. The summed E-state index contributed by atoms with van der Waals surface area (Å²) in [6.07, 6.45) is -0.715. The summed E-state index contributed by atoms with van der Waals surface area (Å²) >= 11 is 0. The van der Waals surface area contributed by atoms with E-state index in [0.29, 0.717) is 0 Å². The maximum absolute atomic E-state index is 11.6. The molecule has 0 amide bonds. The lowest BCUT2D eigenvalue weighted by Crippen LogP contribution is -3.19. The van der Waals surface area contributed by atoms with Gasteiger partial charge in [0.2, 0.25) is 0 Å². The van der Waals surface area contributed by atoms with Crippen LogP contribution >= 0.6 is 0 Å². The van der Waals surface area contributed by atoms with E-state index < -0.39 is 15.9 Å². The van der Waals surface area contributed by atoms with Crippen LogP contribution in [0.3, 0.4) is 0 Å². The van der Waals surface area contributed by atoms with E-state index in [9.17, 15) is 13.5 Å². The van der Waals surface area contributed by atoms with Crippen molar-refractivity contribution in [2.24, 2.45) is 0 Å². The van der Waals surface area contributed by atoms with Crippen molar-refractivity contribution < 1.29 is 23.2 Å². The maximum atomic E-state index is 11.6. The second kappa shape index (κ2) is 6.06. The van der Waals surface area contributed by atoms with Crippen molar-refractivity contribution in [2.75, 3.05) is 49.7 Å². The topological polar surface area (TPSA) is 71.3 Å². The zero-order chi connectivity index (χ0) is 15.7. The predicted octanol–water partition coefficient (Wildman–Crippen LogP) is -1.44. The molecule has 1 aromatic rings. The summed E-state index contributed by atoms with van der Waals surface area (Å²) < 4.78 is 28.5. The molecule has 6 nitrogen and oxygen atoms in total. The Balaban J connectivity index is 1.60. The number of methoxy groups -OCH3 is 1. The first kappa shape index (κ1) is 15.6. The number of aliphatic hydroxyl groups is 1. The number of quaternary nitrogens is 1. The van der Waals surface area contributed by atoms with Crippen molar-refractivity contribution in [3.05, 3.63) is 24.3 Å². The van der Waals surface area contributed by atoms with Gasteiger partial charge in [-0.05, 0) is 24.3 Å². The number of sulfone groups is 1. The number of nitrogens with one attached hydrogen (secondary N) is 1. The molecule has 0 bridgehead atoms. The molecule has 0 saturated carbocycles. The fraction of sp³-hybridized carbons (Fsp3) is 0.600. The van der Waals surface area contributed by atoms with E-state index in [4.69, 9.17) is 4.74 Å². The molecule has 2 saturated heterocycles. The highest BCUT2D eigenvalue weighted by Gasteiger charge is 2.43. The number of hydrogen-bond acceptors (Lipinski definition) is 5. The van der Waals surface area contributed by atoms with Crippen LogP contribution in [0, 0.1) is 0 Å². The van der Waals surface area contributed by atoms with Crippen molar-refractivity contribution in [3.63, 3.8) is 0 Å². The molecule has 0 radical (unpaired) electrons. The summed E-state index contributed by atoms with van der Waals surface area (Å²) in [6.45, 7) is 3.43. The first-order valence-corrected chi connectivity index (χ1v) is 9.43. The molecular formula is C15H23N2O4S+. The average Bonchev–Trinajstić information content (AvgIpc) is 2.80. The number of benzene rings is 1. The van der Waals surface area contributed by atoms with Gasteiger partial charge in [0, 0.05) is 5.69 Å². The lowest BCUT2D eigenvalue weighted by molar-refractivity contribution is -0.925. The van der Waals surface area contributed by atoms with Gasteiger partial charge in [-0.25, -0.2) is 8.42 Å². The molecular weight excluding hydrogens is 304 g/mol. The Bertz CT molecular complexity index is 609. The first-order valence-electron chi connectivity index (χ1n) is 7.60. The number of hydrogen-bond donors (Lipinski definition) is 2. The maximum Gasteiger partial charge on any atom is 0.159 e. The third kappa shape index (κ3) is 3.21. The Labute approximate surface area is 131 Å². The third-order valence-corrected chi connectivity index (χ3v) is 6.41. The van der Waals surface area contributed by atoms with Crippen LogP contribution in [0.25, 0.3) is 0 Å². The van der Waals surface area contributed by atoms with Crippen LogP contribution in [0.1, 0.15) is 0 Å². The van der Waals surface area contributed by atoms with Gasteiger partial charge in [0.15, 0.2) is 9.84 Å². The number of aliphatic hydroxyl groups excluding tert-OH is 1. The zero-order valence-corrected chi connectivity index (χ0v) is 13.6. The van der Waals surface area contributed by atoms with Crippen LogP contribution in [0.2, 0.25) is 0 Å². The molecule has 2 aliphatic heterocycles. The fourth-order valence-corrected chi connectivity index (χ4v) is 5.33.